The van der Waals surface area contributed by atoms with Crippen LogP contribution in [0.3, 0.4) is 0 Å². The van der Waals surface area contributed by atoms with Gasteiger partial charge in [-0.3, -0.25) is 0 Å². The summed E-state index contributed by atoms with van der Waals surface area (Å²) in [7, 11) is 1.37. The molecule has 0 saturated carbocycles. The van der Waals surface area contributed by atoms with E-state index < -0.39 is 11.6 Å². The highest BCUT2D eigenvalue weighted by atomic mass is 19.2. The van der Waals surface area contributed by atoms with Gasteiger partial charge in [0.1, 0.15) is 12.1 Å². The topological polar surface area (TPSA) is 52.0 Å². The molecule has 1 N–H and O–H groups in total. The Morgan fingerprint density at radius 2 is 1.82 bits per heavy atom. The van der Waals surface area contributed by atoms with Gasteiger partial charge in [0.25, 0.3) is 0 Å². The molecule has 0 unspecified atom stereocenters. The van der Waals surface area contributed by atoms with E-state index in [0.29, 0.717) is 0 Å². The van der Waals surface area contributed by atoms with Gasteiger partial charge < -0.3 is 10.1 Å². The zero-order chi connectivity index (χ0) is 15.5. The summed E-state index contributed by atoms with van der Waals surface area (Å²) < 4.78 is 33.1. The van der Waals surface area contributed by atoms with Crippen LogP contribution < -0.4 is 10.1 Å². The van der Waals surface area contributed by atoms with Crippen LogP contribution in [0.1, 0.15) is 0 Å². The smallest absolute Gasteiger partial charge is 0.247 e. The van der Waals surface area contributed by atoms with E-state index in [1.54, 1.807) is 4.68 Å². The average molecular weight is 302 g/mol. The number of rotatable bonds is 4. The molecule has 3 rings (SSSR count). The van der Waals surface area contributed by atoms with Gasteiger partial charge in [-0.05, 0) is 12.1 Å². The third kappa shape index (κ3) is 2.73. The molecule has 3 aromatic rings. The molecule has 1 aromatic heterocycles. The Hall–Kier alpha value is -2.96. The molecule has 0 bridgehead atoms. The van der Waals surface area contributed by atoms with Crippen LogP contribution in [-0.2, 0) is 0 Å². The number of aromatic nitrogens is 3. The normalized spacial score (nSPS) is 10.5. The summed E-state index contributed by atoms with van der Waals surface area (Å²) >= 11 is 0. The van der Waals surface area contributed by atoms with Gasteiger partial charge in [0, 0.05) is 12.1 Å². The molecule has 0 saturated heterocycles. The molecule has 7 heteroatoms. The Balaban J connectivity index is 1.88. The Morgan fingerprint density at radius 1 is 1.09 bits per heavy atom. The number of para-hydroxylation sites is 1. The van der Waals surface area contributed by atoms with Crippen LogP contribution in [0.25, 0.3) is 5.69 Å². The van der Waals surface area contributed by atoms with Gasteiger partial charge in [-0.1, -0.05) is 18.2 Å². The lowest BCUT2D eigenvalue weighted by atomic mass is 10.2. The quantitative estimate of drug-likeness (QED) is 0.803. The molecule has 0 aliphatic rings. The fraction of sp³-hybridized carbons (Fsp3) is 0.0667. The van der Waals surface area contributed by atoms with Crippen molar-refractivity contribution in [2.75, 3.05) is 12.4 Å². The van der Waals surface area contributed by atoms with Crippen molar-refractivity contribution >= 4 is 11.6 Å². The Bertz CT molecular complexity index is 789. The molecular formula is C15H12F2N4O. The maximum Gasteiger partial charge on any atom is 0.247 e. The summed E-state index contributed by atoms with van der Waals surface area (Å²) in [5.41, 5.74) is 1.08. The molecule has 0 fully saturated rings. The molecule has 0 aliphatic heterocycles. The number of methoxy groups -OCH3 is 1. The van der Waals surface area contributed by atoms with Crippen LogP contribution in [0, 0.1) is 11.6 Å². The van der Waals surface area contributed by atoms with Gasteiger partial charge in [0.15, 0.2) is 11.6 Å². The van der Waals surface area contributed by atoms with E-state index in [0.717, 1.165) is 17.8 Å². The van der Waals surface area contributed by atoms with E-state index >= 15 is 0 Å². The van der Waals surface area contributed by atoms with E-state index in [2.05, 4.69) is 15.4 Å². The maximum atomic E-state index is 13.4. The molecule has 5 nitrogen and oxygen atoms in total. The summed E-state index contributed by atoms with van der Waals surface area (Å²) in [5.74, 6) is -1.56. The van der Waals surface area contributed by atoms with Gasteiger partial charge >= 0.3 is 0 Å². The highest BCUT2D eigenvalue weighted by molar-refractivity contribution is 5.62. The fourth-order valence-electron chi connectivity index (χ4n) is 1.94. The van der Waals surface area contributed by atoms with E-state index in [9.17, 15) is 8.78 Å². The average Bonchev–Trinajstić information content (AvgIpc) is 3.00. The number of anilines is 2. The minimum atomic E-state index is -0.981. The second kappa shape index (κ2) is 5.80. The van der Waals surface area contributed by atoms with Crippen molar-refractivity contribution in [1.82, 2.24) is 14.8 Å². The lowest BCUT2D eigenvalue weighted by Gasteiger charge is -2.09. The van der Waals surface area contributed by atoms with E-state index in [-0.39, 0.29) is 17.4 Å². The van der Waals surface area contributed by atoms with E-state index in [1.165, 1.54) is 13.4 Å². The van der Waals surface area contributed by atoms with Crippen molar-refractivity contribution in [2.24, 2.45) is 0 Å². The van der Waals surface area contributed by atoms with E-state index in [4.69, 9.17) is 4.74 Å². The third-order valence-corrected chi connectivity index (χ3v) is 3.00. The number of benzene rings is 2. The first-order valence-corrected chi connectivity index (χ1v) is 6.44. The molecule has 0 aliphatic carbocycles. The minimum absolute atomic E-state index is 0.162. The predicted molar refractivity (Wildman–Crippen MR) is 77.6 cm³/mol. The molecule has 0 amide bonds. The first-order valence-electron chi connectivity index (χ1n) is 6.44. The number of halogens is 2. The van der Waals surface area contributed by atoms with E-state index in [1.807, 2.05) is 30.3 Å². The Kier molecular flexibility index (Phi) is 3.69. The zero-order valence-corrected chi connectivity index (χ0v) is 11.6. The largest absolute Gasteiger partial charge is 0.494 e. The summed E-state index contributed by atoms with van der Waals surface area (Å²) in [6.07, 6.45) is 1.52. The second-order valence-corrected chi connectivity index (χ2v) is 4.44. The van der Waals surface area contributed by atoms with Crippen molar-refractivity contribution in [3.8, 4) is 11.4 Å². The van der Waals surface area contributed by atoms with Gasteiger partial charge in [0.2, 0.25) is 5.95 Å². The molecule has 2 aromatic carbocycles. The molecule has 0 radical (unpaired) electrons. The number of hydrogen-bond donors (Lipinski definition) is 1. The van der Waals surface area contributed by atoms with Gasteiger partial charge in [-0.15, -0.1) is 5.10 Å². The van der Waals surface area contributed by atoms with Crippen LogP contribution in [0.5, 0.6) is 5.75 Å². The summed E-state index contributed by atoms with van der Waals surface area (Å²) in [6.45, 7) is 0. The van der Waals surface area contributed by atoms with Crippen molar-refractivity contribution in [3.05, 3.63) is 60.4 Å². The Labute approximate surface area is 125 Å². The monoisotopic (exact) mass is 302 g/mol. The van der Waals surface area contributed by atoms with Crippen LogP contribution in [0.2, 0.25) is 0 Å². The maximum absolute atomic E-state index is 13.4. The van der Waals surface area contributed by atoms with Crippen LogP contribution in [-0.4, -0.2) is 21.9 Å². The molecule has 22 heavy (non-hydrogen) atoms. The summed E-state index contributed by atoms with van der Waals surface area (Å²) in [6, 6.07) is 11.4. The number of nitrogens with zero attached hydrogens (tertiary/aromatic N) is 3. The fourth-order valence-corrected chi connectivity index (χ4v) is 1.94. The van der Waals surface area contributed by atoms with Crippen molar-refractivity contribution in [2.45, 2.75) is 0 Å². The van der Waals surface area contributed by atoms with Gasteiger partial charge in [0.05, 0.1) is 18.5 Å². The molecular weight excluding hydrogens is 290 g/mol. The number of ether oxygens (including phenoxy) is 1. The predicted octanol–water partition coefficient (Wildman–Crippen LogP) is 3.30. The first-order chi connectivity index (χ1) is 10.7. The van der Waals surface area contributed by atoms with Crippen molar-refractivity contribution in [3.63, 3.8) is 0 Å². The zero-order valence-electron chi connectivity index (χ0n) is 11.6. The third-order valence-electron chi connectivity index (χ3n) is 3.00. The second-order valence-electron chi connectivity index (χ2n) is 4.44. The highest BCUT2D eigenvalue weighted by Gasteiger charge is 2.12. The highest BCUT2D eigenvalue weighted by Crippen LogP contribution is 2.29. The molecule has 1 heterocycles. The van der Waals surface area contributed by atoms with Gasteiger partial charge in [-0.2, -0.15) is 4.98 Å². The SMILES string of the molecule is COc1cc(F)c(F)cc1Nc1ncn(-c2ccccc2)n1. The number of hydrogen-bond acceptors (Lipinski definition) is 4. The number of nitrogens with one attached hydrogen (secondary N) is 1. The minimum Gasteiger partial charge on any atom is -0.494 e. The summed E-state index contributed by atoms with van der Waals surface area (Å²) in [4.78, 5) is 4.08. The van der Waals surface area contributed by atoms with Crippen LogP contribution >= 0.6 is 0 Å². The lowest BCUT2D eigenvalue weighted by molar-refractivity contribution is 0.408. The standard InChI is InChI=1S/C15H12F2N4O/c1-22-14-8-12(17)11(16)7-13(14)19-15-18-9-21(20-15)10-5-3-2-4-6-10/h2-9H,1H3,(H,19,20). The van der Waals surface area contributed by atoms with Crippen LogP contribution in [0.4, 0.5) is 20.4 Å². The van der Waals surface area contributed by atoms with Crippen LogP contribution in [0.15, 0.2) is 48.8 Å². The van der Waals surface area contributed by atoms with Gasteiger partial charge in [-0.25, -0.2) is 13.5 Å². The van der Waals surface area contributed by atoms with Crippen molar-refractivity contribution in [1.29, 1.82) is 0 Å². The first kappa shape index (κ1) is 14.0. The summed E-state index contributed by atoms with van der Waals surface area (Å²) in [5, 5.41) is 7.03. The molecule has 0 atom stereocenters. The molecule has 0 spiro atoms. The lowest BCUT2D eigenvalue weighted by Crippen LogP contribution is -2.00. The molecule has 112 valence electrons. The van der Waals surface area contributed by atoms with Crippen molar-refractivity contribution < 1.29 is 13.5 Å². The Morgan fingerprint density at radius 3 is 2.55 bits per heavy atom.